The Bertz CT molecular complexity index is 391. The van der Waals surface area contributed by atoms with Gasteiger partial charge in [0.15, 0.2) is 0 Å². The number of halogens is 1. The van der Waals surface area contributed by atoms with Crippen LogP contribution in [-0.4, -0.2) is 23.9 Å². The molecule has 1 aliphatic heterocycles. The summed E-state index contributed by atoms with van der Waals surface area (Å²) in [5.41, 5.74) is 0.820. The van der Waals surface area contributed by atoms with E-state index in [0.717, 1.165) is 28.6 Å². The second-order valence-corrected chi connectivity index (χ2v) is 5.75. The quantitative estimate of drug-likeness (QED) is 0.725. The molecule has 0 aliphatic carbocycles. The van der Waals surface area contributed by atoms with Crippen LogP contribution in [0.15, 0.2) is 24.3 Å². The van der Waals surface area contributed by atoms with Crippen molar-refractivity contribution in [2.24, 2.45) is 5.92 Å². The third-order valence-electron chi connectivity index (χ3n) is 3.02. The molecule has 3 heteroatoms. The molecule has 0 spiro atoms. The van der Waals surface area contributed by atoms with Crippen molar-refractivity contribution in [3.05, 3.63) is 33.4 Å². The van der Waals surface area contributed by atoms with E-state index >= 15 is 0 Å². The molecule has 0 radical (unpaired) electrons. The highest BCUT2D eigenvalue weighted by Crippen LogP contribution is 2.18. The molecule has 1 atom stereocenters. The Balaban J connectivity index is 2.12. The number of rotatable bonds is 1. The maximum absolute atomic E-state index is 12.2. The molecule has 0 unspecified atom stereocenters. The highest BCUT2D eigenvalue weighted by atomic mass is 127. The summed E-state index contributed by atoms with van der Waals surface area (Å²) in [5.74, 6) is 0.825. The molecule has 1 aromatic carbocycles. The summed E-state index contributed by atoms with van der Waals surface area (Å²) in [6.07, 6.45) is 2.38. The maximum atomic E-state index is 12.2. The average molecular weight is 329 g/mol. The monoisotopic (exact) mass is 329 g/mol. The van der Waals surface area contributed by atoms with Gasteiger partial charge in [-0.2, -0.15) is 0 Å². The first-order valence-corrected chi connectivity index (χ1v) is 6.79. The van der Waals surface area contributed by atoms with Gasteiger partial charge in [0.05, 0.1) is 0 Å². The van der Waals surface area contributed by atoms with Gasteiger partial charge < -0.3 is 4.90 Å². The topological polar surface area (TPSA) is 20.3 Å². The van der Waals surface area contributed by atoms with Gasteiger partial charge in [-0.05, 0) is 59.5 Å². The molecule has 0 saturated carbocycles. The van der Waals surface area contributed by atoms with Crippen molar-refractivity contribution >= 4 is 28.5 Å². The van der Waals surface area contributed by atoms with E-state index in [2.05, 4.69) is 29.5 Å². The van der Waals surface area contributed by atoms with Crippen LogP contribution in [0, 0.1) is 9.49 Å². The minimum atomic E-state index is 0.185. The van der Waals surface area contributed by atoms with Crippen molar-refractivity contribution in [2.75, 3.05) is 13.1 Å². The smallest absolute Gasteiger partial charge is 0.253 e. The molecule has 1 aliphatic rings. The zero-order chi connectivity index (χ0) is 11.5. The Hall–Kier alpha value is -0.580. The number of carbonyl (C=O) groups excluding carboxylic acids is 1. The number of nitrogens with zero attached hydrogens (tertiary/aromatic N) is 1. The molecule has 1 heterocycles. The third-order valence-corrected chi connectivity index (χ3v) is 3.69. The van der Waals surface area contributed by atoms with Crippen molar-refractivity contribution in [3.63, 3.8) is 0 Å². The molecule has 0 bridgehead atoms. The Labute approximate surface area is 110 Å². The minimum absolute atomic E-state index is 0.185. The zero-order valence-corrected chi connectivity index (χ0v) is 11.6. The molecule has 1 saturated heterocycles. The Morgan fingerprint density at radius 2 is 2.31 bits per heavy atom. The fraction of sp³-hybridized carbons (Fsp3) is 0.462. The summed E-state index contributed by atoms with van der Waals surface area (Å²) in [6.45, 7) is 4.03. The second kappa shape index (κ2) is 5.17. The molecule has 1 fully saturated rings. The van der Waals surface area contributed by atoms with Gasteiger partial charge in [-0.25, -0.2) is 0 Å². The fourth-order valence-electron chi connectivity index (χ4n) is 2.18. The number of benzene rings is 1. The summed E-state index contributed by atoms with van der Waals surface area (Å²) >= 11 is 2.24. The van der Waals surface area contributed by atoms with Gasteiger partial charge in [0.2, 0.25) is 0 Å². The Morgan fingerprint density at radius 1 is 1.50 bits per heavy atom. The number of hydrogen-bond acceptors (Lipinski definition) is 1. The highest BCUT2D eigenvalue weighted by molar-refractivity contribution is 14.1. The van der Waals surface area contributed by atoms with Crippen molar-refractivity contribution < 1.29 is 4.79 Å². The van der Waals surface area contributed by atoms with Crippen LogP contribution >= 0.6 is 22.6 Å². The molecule has 1 amide bonds. The Morgan fingerprint density at radius 3 is 3.00 bits per heavy atom. The molecular weight excluding hydrogens is 313 g/mol. The van der Waals surface area contributed by atoms with Crippen LogP contribution in [0.1, 0.15) is 30.1 Å². The van der Waals surface area contributed by atoms with Crippen LogP contribution < -0.4 is 0 Å². The summed E-state index contributed by atoms with van der Waals surface area (Å²) in [7, 11) is 0. The molecular formula is C13H16INO. The lowest BCUT2D eigenvalue weighted by Gasteiger charge is -2.31. The molecule has 0 aromatic heterocycles. The van der Waals surface area contributed by atoms with Crippen molar-refractivity contribution in [1.82, 2.24) is 4.90 Å². The number of amides is 1. The molecule has 16 heavy (non-hydrogen) atoms. The maximum Gasteiger partial charge on any atom is 0.253 e. The predicted molar refractivity (Wildman–Crippen MR) is 73.5 cm³/mol. The largest absolute Gasteiger partial charge is 0.338 e. The predicted octanol–water partition coefficient (Wildman–Crippen LogP) is 3.16. The van der Waals surface area contributed by atoms with E-state index in [1.807, 2.05) is 29.2 Å². The van der Waals surface area contributed by atoms with Gasteiger partial charge in [0.1, 0.15) is 0 Å². The summed E-state index contributed by atoms with van der Waals surface area (Å²) in [4.78, 5) is 14.2. The van der Waals surface area contributed by atoms with Crippen molar-refractivity contribution in [1.29, 1.82) is 0 Å². The first kappa shape index (κ1) is 11.9. The summed E-state index contributed by atoms with van der Waals surface area (Å²) in [6, 6.07) is 7.82. The highest BCUT2D eigenvalue weighted by Gasteiger charge is 2.21. The van der Waals surface area contributed by atoms with Crippen molar-refractivity contribution in [2.45, 2.75) is 19.8 Å². The lowest BCUT2D eigenvalue weighted by atomic mass is 9.99. The van der Waals surface area contributed by atoms with Crippen LogP contribution in [0.5, 0.6) is 0 Å². The van der Waals surface area contributed by atoms with E-state index in [4.69, 9.17) is 0 Å². The van der Waals surface area contributed by atoms with E-state index < -0.39 is 0 Å². The lowest BCUT2D eigenvalue weighted by Crippen LogP contribution is -2.39. The van der Waals surface area contributed by atoms with Crippen LogP contribution in [-0.2, 0) is 0 Å². The van der Waals surface area contributed by atoms with Gasteiger partial charge >= 0.3 is 0 Å². The number of carbonyl (C=O) groups is 1. The van der Waals surface area contributed by atoms with E-state index in [1.165, 1.54) is 6.42 Å². The van der Waals surface area contributed by atoms with Crippen LogP contribution in [0.3, 0.4) is 0 Å². The number of hydrogen-bond donors (Lipinski definition) is 0. The Kier molecular flexibility index (Phi) is 3.84. The third kappa shape index (κ3) is 2.75. The summed E-state index contributed by atoms with van der Waals surface area (Å²) in [5, 5.41) is 0. The minimum Gasteiger partial charge on any atom is -0.338 e. The molecule has 0 N–H and O–H groups in total. The van der Waals surface area contributed by atoms with Gasteiger partial charge in [0, 0.05) is 22.2 Å². The van der Waals surface area contributed by atoms with E-state index in [0.29, 0.717) is 5.92 Å². The van der Waals surface area contributed by atoms with E-state index in [-0.39, 0.29) is 5.91 Å². The first-order valence-electron chi connectivity index (χ1n) is 5.71. The lowest BCUT2D eigenvalue weighted by molar-refractivity contribution is 0.0683. The van der Waals surface area contributed by atoms with Crippen molar-refractivity contribution in [3.8, 4) is 0 Å². The van der Waals surface area contributed by atoms with Gasteiger partial charge in [-0.1, -0.05) is 13.0 Å². The van der Waals surface area contributed by atoms with Gasteiger partial charge in [-0.3, -0.25) is 4.79 Å². The molecule has 86 valence electrons. The second-order valence-electron chi connectivity index (χ2n) is 4.51. The van der Waals surface area contributed by atoms with Crippen LogP contribution in [0.4, 0.5) is 0 Å². The average Bonchev–Trinajstić information content (AvgIpc) is 2.28. The molecule has 1 aromatic rings. The van der Waals surface area contributed by atoms with Gasteiger partial charge in [0.25, 0.3) is 5.91 Å². The standard InChI is InChI=1S/C13H16INO/c1-10-4-3-7-15(9-10)13(16)11-5-2-6-12(14)8-11/h2,5-6,8,10H,3-4,7,9H2,1H3/t10-/m0/s1. The number of likely N-dealkylation sites (tertiary alicyclic amines) is 1. The fourth-order valence-corrected chi connectivity index (χ4v) is 2.72. The van der Waals surface area contributed by atoms with E-state index in [1.54, 1.807) is 0 Å². The van der Waals surface area contributed by atoms with E-state index in [9.17, 15) is 4.79 Å². The zero-order valence-electron chi connectivity index (χ0n) is 9.45. The molecule has 2 nitrogen and oxygen atoms in total. The normalized spacial score (nSPS) is 20.9. The van der Waals surface area contributed by atoms with Crippen LogP contribution in [0.2, 0.25) is 0 Å². The SMILES string of the molecule is C[C@H]1CCCN(C(=O)c2cccc(I)c2)C1. The van der Waals surface area contributed by atoms with Gasteiger partial charge in [-0.15, -0.1) is 0 Å². The summed E-state index contributed by atoms with van der Waals surface area (Å²) < 4.78 is 1.12. The van der Waals surface area contributed by atoms with Crippen LogP contribution in [0.25, 0.3) is 0 Å². The number of piperidine rings is 1. The molecule has 2 rings (SSSR count). The first-order chi connectivity index (χ1) is 7.66.